The molecule has 1 rings (SSSR count). The molecule has 1 aliphatic rings. The van der Waals surface area contributed by atoms with E-state index in [1.807, 2.05) is 0 Å². The maximum absolute atomic E-state index is 11.6. The van der Waals surface area contributed by atoms with Crippen LogP contribution in [0.25, 0.3) is 0 Å². The fourth-order valence-corrected chi connectivity index (χ4v) is 2.35. The molecule has 6 nitrogen and oxygen atoms in total. The topological polar surface area (TPSA) is 75.7 Å². The molecule has 0 bridgehead atoms. The van der Waals surface area contributed by atoms with Crippen LogP contribution in [-0.4, -0.2) is 47.4 Å². The van der Waals surface area contributed by atoms with Crippen LogP contribution in [0.1, 0.15) is 41.0 Å². The van der Waals surface area contributed by atoms with Crippen LogP contribution >= 0.6 is 0 Å². The molecule has 0 spiro atoms. The lowest BCUT2D eigenvalue weighted by atomic mass is 10.0. The van der Waals surface area contributed by atoms with Crippen molar-refractivity contribution in [3.05, 3.63) is 0 Å². The van der Waals surface area contributed by atoms with Gasteiger partial charge in [0, 0.05) is 20.0 Å². The highest BCUT2D eigenvalue weighted by Crippen LogP contribution is 2.23. The highest BCUT2D eigenvalue weighted by molar-refractivity contribution is 5.87. The first-order chi connectivity index (χ1) is 9.10. The molecule has 1 heterocycles. The zero-order valence-electron chi connectivity index (χ0n) is 12.9. The molecule has 0 aliphatic carbocycles. The summed E-state index contributed by atoms with van der Waals surface area (Å²) >= 11 is 0. The minimum absolute atomic E-state index is 0.0139. The Hall–Kier alpha value is -1.59. The fraction of sp³-hybridized carbons (Fsp3) is 0.786. The number of Topliss-reactive ketones (excluding diaryl/α,β-unsaturated/α-hetero) is 1. The van der Waals surface area contributed by atoms with E-state index in [1.165, 1.54) is 13.8 Å². The van der Waals surface area contributed by atoms with E-state index >= 15 is 0 Å². The molecule has 0 aromatic carbocycles. The van der Waals surface area contributed by atoms with Gasteiger partial charge in [-0.1, -0.05) is 0 Å². The largest absolute Gasteiger partial charge is 0.444 e. The monoisotopic (exact) mass is 284 g/mol. The lowest BCUT2D eigenvalue weighted by Crippen LogP contribution is -2.38. The van der Waals surface area contributed by atoms with E-state index in [9.17, 15) is 14.4 Å². The lowest BCUT2D eigenvalue weighted by Gasteiger charge is -2.21. The van der Waals surface area contributed by atoms with Crippen LogP contribution in [-0.2, 0) is 14.3 Å². The van der Waals surface area contributed by atoms with Gasteiger partial charge in [0.2, 0.25) is 5.91 Å². The van der Waals surface area contributed by atoms with Crippen molar-refractivity contribution >= 4 is 17.8 Å². The third-order valence-corrected chi connectivity index (χ3v) is 3.20. The predicted molar refractivity (Wildman–Crippen MR) is 74.2 cm³/mol. The summed E-state index contributed by atoms with van der Waals surface area (Å²) in [4.78, 5) is 36.2. The summed E-state index contributed by atoms with van der Waals surface area (Å²) in [5.41, 5.74) is -0.535. The van der Waals surface area contributed by atoms with E-state index in [4.69, 9.17) is 4.74 Å². The van der Waals surface area contributed by atoms with Gasteiger partial charge in [-0.15, -0.1) is 0 Å². The molecule has 0 saturated carbocycles. The quantitative estimate of drug-likeness (QED) is 0.848. The molecule has 20 heavy (non-hydrogen) atoms. The number of carbonyl (C=O) groups is 3. The molecule has 0 radical (unpaired) electrons. The van der Waals surface area contributed by atoms with Crippen LogP contribution in [0.2, 0.25) is 0 Å². The Balaban J connectivity index is 2.49. The molecular formula is C14H24N2O4. The number of nitrogens with zero attached hydrogens (tertiary/aromatic N) is 1. The van der Waals surface area contributed by atoms with Crippen LogP contribution in [0.4, 0.5) is 4.79 Å². The highest BCUT2D eigenvalue weighted by atomic mass is 16.6. The van der Waals surface area contributed by atoms with Gasteiger partial charge >= 0.3 is 6.09 Å². The van der Waals surface area contributed by atoms with Crippen molar-refractivity contribution in [2.24, 2.45) is 5.92 Å². The van der Waals surface area contributed by atoms with Crippen LogP contribution in [0.5, 0.6) is 0 Å². The molecule has 1 saturated heterocycles. The molecule has 0 aromatic rings. The molecule has 0 aromatic heterocycles. The first-order valence-electron chi connectivity index (χ1n) is 6.84. The Kier molecular flexibility index (Phi) is 5.14. The highest BCUT2D eigenvalue weighted by Gasteiger charge is 2.36. The second-order valence-electron chi connectivity index (χ2n) is 6.28. The standard InChI is InChI=1S/C14H24N2O4/c1-9(17)12-6-11(8-16(12)10(2)18)7-15-13(19)20-14(3,4)5/h11-12H,6-8H2,1-5H3,(H,15,19)/t11?,12-/m0/s1. The maximum atomic E-state index is 11.6. The van der Waals surface area contributed by atoms with Crippen molar-refractivity contribution in [1.82, 2.24) is 10.2 Å². The summed E-state index contributed by atoms with van der Waals surface area (Å²) in [6.45, 7) is 9.24. The smallest absolute Gasteiger partial charge is 0.407 e. The number of hydrogen-bond acceptors (Lipinski definition) is 4. The fourth-order valence-electron chi connectivity index (χ4n) is 2.35. The molecule has 2 amide bonds. The van der Waals surface area contributed by atoms with E-state index in [0.717, 1.165) is 0 Å². The van der Waals surface area contributed by atoms with Gasteiger partial charge in [0.1, 0.15) is 5.60 Å². The minimum Gasteiger partial charge on any atom is -0.444 e. The number of alkyl carbamates (subject to hydrolysis) is 1. The normalized spacial score (nSPS) is 22.6. The van der Waals surface area contributed by atoms with E-state index < -0.39 is 11.7 Å². The Labute approximate surface area is 119 Å². The van der Waals surface area contributed by atoms with Gasteiger partial charge in [-0.3, -0.25) is 9.59 Å². The average Bonchev–Trinajstić information content (AvgIpc) is 2.68. The summed E-state index contributed by atoms with van der Waals surface area (Å²) in [7, 11) is 0. The molecule has 1 unspecified atom stereocenters. The number of likely N-dealkylation sites (tertiary alicyclic amines) is 1. The Morgan fingerprint density at radius 1 is 1.25 bits per heavy atom. The van der Waals surface area contributed by atoms with Gasteiger partial charge < -0.3 is 15.0 Å². The molecule has 1 N–H and O–H groups in total. The third kappa shape index (κ3) is 4.83. The summed E-state index contributed by atoms with van der Waals surface area (Å²) in [6, 6.07) is -0.363. The number of ketones is 1. The van der Waals surface area contributed by atoms with Gasteiger partial charge in [-0.05, 0) is 40.0 Å². The number of hydrogen-bond donors (Lipinski definition) is 1. The molecule has 114 valence electrons. The second-order valence-corrected chi connectivity index (χ2v) is 6.28. The van der Waals surface area contributed by atoms with Crippen LogP contribution in [0.15, 0.2) is 0 Å². The van der Waals surface area contributed by atoms with Crippen molar-refractivity contribution in [1.29, 1.82) is 0 Å². The first-order valence-corrected chi connectivity index (χ1v) is 6.84. The van der Waals surface area contributed by atoms with Crippen LogP contribution < -0.4 is 5.32 Å². The summed E-state index contributed by atoms with van der Waals surface area (Å²) in [5, 5.41) is 2.69. The number of carbonyl (C=O) groups excluding carboxylic acids is 3. The second kappa shape index (κ2) is 6.24. The summed E-state index contributed by atoms with van der Waals surface area (Å²) < 4.78 is 5.15. The molecule has 6 heteroatoms. The molecule has 1 fully saturated rings. The number of ether oxygens (including phenoxy) is 1. The lowest BCUT2D eigenvalue weighted by molar-refractivity contribution is -0.135. The van der Waals surface area contributed by atoms with Crippen molar-refractivity contribution in [2.75, 3.05) is 13.1 Å². The van der Waals surface area contributed by atoms with Crippen molar-refractivity contribution in [3.8, 4) is 0 Å². The van der Waals surface area contributed by atoms with Crippen molar-refractivity contribution < 1.29 is 19.1 Å². The predicted octanol–water partition coefficient (Wildman–Crippen LogP) is 1.34. The Morgan fingerprint density at radius 2 is 1.85 bits per heavy atom. The molecular weight excluding hydrogens is 260 g/mol. The third-order valence-electron chi connectivity index (χ3n) is 3.20. The summed E-state index contributed by atoms with van der Waals surface area (Å²) in [5.74, 6) is -0.0368. The van der Waals surface area contributed by atoms with Gasteiger partial charge in [0.15, 0.2) is 5.78 Å². The van der Waals surface area contributed by atoms with Gasteiger partial charge in [-0.2, -0.15) is 0 Å². The summed E-state index contributed by atoms with van der Waals surface area (Å²) in [6.07, 6.45) is 0.114. The van der Waals surface area contributed by atoms with Gasteiger partial charge in [0.05, 0.1) is 6.04 Å². The zero-order valence-corrected chi connectivity index (χ0v) is 12.9. The van der Waals surface area contributed by atoms with Crippen molar-refractivity contribution in [3.63, 3.8) is 0 Å². The van der Waals surface area contributed by atoms with E-state index in [0.29, 0.717) is 19.5 Å². The maximum Gasteiger partial charge on any atom is 0.407 e. The Morgan fingerprint density at radius 3 is 2.25 bits per heavy atom. The van der Waals surface area contributed by atoms with E-state index in [2.05, 4.69) is 5.32 Å². The Bertz CT molecular complexity index is 378. The average molecular weight is 284 g/mol. The molecule has 2 atom stereocenters. The van der Waals surface area contributed by atoms with Gasteiger partial charge in [-0.25, -0.2) is 4.79 Å². The van der Waals surface area contributed by atoms with Gasteiger partial charge in [0.25, 0.3) is 0 Å². The number of nitrogens with one attached hydrogen (secondary N) is 1. The first kappa shape index (κ1) is 16.5. The SMILES string of the molecule is CC(=O)[C@@H]1CC(CNC(=O)OC(C)(C)C)CN1C(C)=O. The van der Waals surface area contributed by atoms with E-state index in [1.54, 1.807) is 25.7 Å². The van der Waals surface area contributed by atoms with Crippen LogP contribution in [0, 0.1) is 5.92 Å². The van der Waals surface area contributed by atoms with Crippen molar-refractivity contribution in [2.45, 2.75) is 52.7 Å². The molecule has 1 aliphatic heterocycles. The number of amides is 2. The zero-order chi connectivity index (χ0) is 15.5. The van der Waals surface area contributed by atoms with E-state index in [-0.39, 0.29) is 23.7 Å². The van der Waals surface area contributed by atoms with Crippen LogP contribution in [0.3, 0.4) is 0 Å². The number of rotatable bonds is 3. The minimum atomic E-state index is -0.535.